The Kier molecular flexibility index (Phi) is 7.21. The summed E-state index contributed by atoms with van der Waals surface area (Å²) in [5.41, 5.74) is -1.17. The van der Waals surface area contributed by atoms with Gasteiger partial charge in [-0.3, -0.25) is 4.79 Å². The Labute approximate surface area is 167 Å². The number of halogens is 5. The highest BCUT2D eigenvalue weighted by Crippen LogP contribution is 2.32. The van der Waals surface area contributed by atoms with Crippen LogP contribution in [-0.4, -0.2) is 34.6 Å². The molecule has 30 heavy (non-hydrogen) atoms. The Morgan fingerprint density at radius 1 is 1.10 bits per heavy atom. The number of ether oxygens (including phenoxy) is 2. The number of carbonyl (C=O) groups is 1. The van der Waals surface area contributed by atoms with Gasteiger partial charge in [0.1, 0.15) is 0 Å². The fourth-order valence-corrected chi connectivity index (χ4v) is 3.26. The number of amides is 1. The normalized spacial score (nSPS) is 12.0. The molecule has 0 fully saturated rings. The van der Waals surface area contributed by atoms with Crippen molar-refractivity contribution in [3.8, 4) is 11.5 Å². The van der Waals surface area contributed by atoms with E-state index in [4.69, 9.17) is 4.74 Å². The van der Waals surface area contributed by atoms with Crippen LogP contribution in [0.4, 0.5) is 27.6 Å². The van der Waals surface area contributed by atoms with Gasteiger partial charge in [-0.2, -0.15) is 22.0 Å². The molecule has 2 rings (SSSR count). The molecular formula is C17H15F5N2O5S. The highest BCUT2D eigenvalue weighted by molar-refractivity contribution is 7.89. The van der Waals surface area contributed by atoms with Crippen molar-refractivity contribution in [3.63, 3.8) is 0 Å². The predicted octanol–water partition coefficient (Wildman–Crippen LogP) is 3.23. The predicted molar refractivity (Wildman–Crippen MR) is 94.9 cm³/mol. The minimum Gasteiger partial charge on any atom is -0.493 e. The van der Waals surface area contributed by atoms with Crippen molar-refractivity contribution in [1.82, 2.24) is 4.72 Å². The Bertz CT molecular complexity index is 1010. The van der Waals surface area contributed by atoms with E-state index in [9.17, 15) is 35.2 Å². The maximum Gasteiger partial charge on any atom is 0.416 e. The highest BCUT2D eigenvalue weighted by atomic mass is 32.2. The van der Waals surface area contributed by atoms with Gasteiger partial charge in [0.05, 0.1) is 24.1 Å². The summed E-state index contributed by atoms with van der Waals surface area (Å²) in [5, 5.41) is 2.24. The standard InChI is InChI=1S/C17H15F5N2O5S/c1-28-13-6-5-11(8-14(13)29-16(18)19)24-15(25)9-23-30(26,27)12-4-2-3-10(7-12)17(20,21)22/h2-8,16,23H,9H2,1H3,(H,24,25). The first-order chi connectivity index (χ1) is 13.9. The topological polar surface area (TPSA) is 93.7 Å². The molecule has 1 amide bonds. The lowest BCUT2D eigenvalue weighted by Crippen LogP contribution is -2.33. The molecule has 0 unspecified atom stereocenters. The highest BCUT2D eigenvalue weighted by Gasteiger charge is 2.31. The van der Waals surface area contributed by atoms with Gasteiger partial charge in [-0.05, 0) is 30.3 Å². The number of hydrogen-bond donors (Lipinski definition) is 2. The molecule has 0 aromatic heterocycles. The molecule has 2 aromatic rings. The van der Waals surface area contributed by atoms with Gasteiger partial charge in [-0.1, -0.05) is 6.07 Å². The van der Waals surface area contributed by atoms with Crippen LogP contribution in [0, 0.1) is 0 Å². The lowest BCUT2D eigenvalue weighted by Gasteiger charge is -2.13. The van der Waals surface area contributed by atoms with Gasteiger partial charge in [-0.25, -0.2) is 13.1 Å². The lowest BCUT2D eigenvalue weighted by molar-refractivity contribution is -0.137. The molecule has 0 saturated carbocycles. The molecule has 0 radical (unpaired) electrons. The Balaban J connectivity index is 2.07. The smallest absolute Gasteiger partial charge is 0.416 e. The number of methoxy groups -OCH3 is 1. The second-order valence-corrected chi connectivity index (χ2v) is 7.41. The Morgan fingerprint density at radius 3 is 2.40 bits per heavy atom. The summed E-state index contributed by atoms with van der Waals surface area (Å²) in [6.45, 7) is -3.97. The third kappa shape index (κ3) is 6.29. The average Bonchev–Trinajstić information content (AvgIpc) is 2.66. The SMILES string of the molecule is COc1ccc(NC(=O)CNS(=O)(=O)c2cccc(C(F)(F)F)c2)cc1OC(F)F. The van der Waals surface area contributed by atoms with Crippen LogP contribution in [0.3, 0.4) is 0 Å². The molecule has 0 heterocycles. The van der Waals surface area contributed by atoms with Crippen LogP contribution in [0.25, 0.3) is 0 Å². The zero-order valence-corrected chi connectivity index (χ0v) is 16.0. The summed E-state index contributed by atoms with van der Waals surface area (Å²) in [6, 6.07) is 6.54. The number of alkyl halides is 5. The van der Waals surface area contributed by atoms with Crippen LogP contribution in [0.1, 0.15) is 5.56 Å². The molecule has 13 heteroatoms. The second-order valence-electron chi connectivity index (χ2n) is 5.64. The molecule has 2 aromatic carbocycles. The van der Waals surface area contributed by atoms with E-state index >= 15 is 0 Å². The molecule has 0 aliphatic carbocycles. The number of anilines is 1. The molecule has 0 spiro atoms. The van der Waals surface area contributed by atoms with E-state index in [1.165, 1.54) is 19.2 Å². The van der Waals surface area contributed by atoms with Crippen LogP contribution < -0.4 is 19.5 Å². The molecular weight excluding hydrogens is 439 g/mol. The third-order valence-electron chi connectivity index (χ3n) is 3.56. The van der Waals surface area contributed by atoms with Crippen molar-refractivity contribution in [3.05, 3.63) is 48.0 Å². The first-order valence-corrected chi connectivity index (χ1v) is 9.50. The molecule has 0 atom stereocenters. The molecule has 7 nitrogen and oxygen atoms in total. The zero-order chi connectivity index (χ0) is 22.5. The van der Waals surface area contributed by atoms with Crippen LogP contribution in [0.5, 0.6) is 11.5 Å². The minimum absolute atomic E-state index is 0.00489. The molecule has 0 bridgehead atoms. The van der Waals surface area contributed by atoms with Gasteiger partial charge in [0.25, 0.3) is 0 Å². The summed E-state index contributed by atoms with van der Waals surface area (Å²) in [6.07, 6.45) is -4.74. The van der Waals surface area contributed by atoms with E-state index < -0.39 is 45.7 Å². The average molecular weight is 454 g/mol. The van der Waals surface area contributed by atoms with Gasteiger partial charge in [0, 0.05) is 11.8 Å². The zero-order valence-electron chi connectivity index (χ0n) is 15.2. The summed E-state index contributed by atoms with van der Waals surface area (Å²) < 4.78 is 98.3. The fraction of sp³-hybridized carbons (Fsp3) is 0.235. The van der Waals surface area contributed by atoms with Crippen molar-refractivity contribution in [2.75, 3.05) is 19.0 Å². The fourth-order valence-electron chi connectivity index (χ4n) is 2.23. The van der Waals surface area contributed by atoms with E-state index in [2.05, 4.69) is 10.1 Å². The number of sulfonamides is 1. The van der Waals surface area contributed by atoms with E-state index in [1.54, 1.807) is 0 Å². The first kappa shape index (κ1) is 23.3. The van der Waals surface area contributed by atoms with Crippen molar-refractivity contribution in [2.45, 2.75) is 17.7 Å². The summed E-state index contributed by atoms with van der Waals surface area (Å²) in [7, 11) is -3.20. The van der Waals surface area contributed by atoms with E-state index in [0.29, 0.717) is 12.1 Å². The van der Waals surface area contributed by atoms with Gasteiger partial charge in [-0.15, -0.1) is 0 Å². The van der Waals surface area contributed by atoms with Gasteiger partial charge < -0.3 is 14.8 Å². The van der Waals surface area contributed by atoms with E-state index in [0.717, 1.165) is 18.2 Å². The van der Waals surface area contributed by atoms with Crippen LogP contribution in [-0.2, 0) is 21.0 Å². The molecule has 0 aliphatic heterocycles. The summed E-state index contributed by atoms with van der Waals surface area (Å²) in [5.74, 6) is -1.30. The number of nitrogens with one attached hydrogen (secondary N) is 2. The van der Waals surface area contributed by atoms with Crippen molar-refractivity contribution >= 4 is 21.6 Å². The first-order valence-electron chi connectivity index (χ1n) is 8.02. The summed E-state index contributed by atoms with van der Waals surface area (Å²) in [4.78, 5) is 11.3. The molecule has 2 N–H and O–H groups in total. The second kappa shape index (κ2) is 9.26. The summed E-state index contributed by atoms with van der Waals surface area (Å²) >= 11 is 0. The molecule has 0 saturated heterocycles. The maximum absolute atomic E-state index is 12.7. The van der Waals surface area contributed by atoms with Crippen LogP contribution in [0.15, 0.2) is 47.4 Å². The molecule has 164 valence electrons. The Hall–Kier alpha value is -2.93. The largest absolute Gasteiger partial charge is 0.493 e. The van der Waals surface area contributed by atoms with Gasteiger partial charge in [0.15, 0.2) is 11.5 Å². The van der Waals surface area contributed by atoms with Gasteiger partial charge >= 0.3 is 12.8 Å². The van der Waals surface area contributed by atoms with Crippen LogP contribution in [0.2, 0.25) is 0 Å². The molecule has 0 aliphatic rings. The minimum atomic E-state index is -4.74. The Morgan fingerprint density at radius 2 is 1.80 bits per heavy atom. The van der Waals surface area contributed by atoms with Crippen molar-refractivity contribution in [1.29, 1.82) is 0 Å². The third-order valence-corrected chi connectivity index (χ3v) is 4.96. The van der Waals surface area contributed by atoms with Crippen molar-refractivity contribution < 1.29 is 44.6 Å². The number of carbonyl (C=O) groups excluding carboxylic acids is 1. The monoisotopic (exact) mass is 454 g/mol. The van der Waals surface area contributed by atoms with Crippen molar-refractivity contribution in [2.24, 2.45) is 0 Å². The number of rotatable bonds is 8. The number of hydrogen-bond acceptors (Lipinski definition) is 5. The number of benzene rings is 2. The quantitative estimate of drug-likeness (QED) is 0.598. The van der Waals surface area contributed by atoms with E-state index in [-0.39, 0.29) is 17.2 Å². The van der Waals surface area contributed by atoms with Gasteiger partial charge in [0.2, 0.25) is 15.9 Å². The maximum atomic E-state index is 12.7. The van der Waals surface area contributed by atoms with E-state index in [1.807, 2.05) is 4.72 Å². The lowest BCUT2D eigenvalue weighted by atomic mass is 10.2. The van der Waals surface area contributed by atoms with Crippen LogP contribution >= 0.6 is 0 Å².